The van der Waals surface area contributed by atoms with Crippen LogP contribution < -0.4 is 5.32 Å². The van der Waals surface area contributed by atoms with Gasteiger partial charge in [0.1, 0.15) is 13.2 Å². The summed E-state index contributed by atoms with van der Waals surface area (Å²) in [6.45, 7) is 4.19. The number of nitrogens with one attached hydrogen (secondary N) is 1. The molecule has 0 saturated heterocycles. The Labute approximate surface area is 96.7 Å². The third-order valence-electron chi connectivity index (χ3n) is 1.69. The molecule has 0 aliphatic heterocycles. The number of amides is 1. The van der Waals surface area contributed by atoms with Gasteiger partial charge in [-0.2, -0.15) is 0 Å². The van der Waals surface area contributed by atoms with Gasteiger partial charge in [-0.3, -0.25) is 4.79 Å². The summed E-state index contributed by atoms with van der Waals surface area (Å²) in [5.74, 6) is 4.55. The van der Waals surface area contributed by atoms with Gasteiger partial charge >= 0.3 is 0 Å². The summed E-state index contributed by atoms with van der Waals surface area (Å²) in [7, 11) is 0. The van der Waals surface area contributed by atoms with Gasteiger partial charge in [0, 0.05) is 6.92 Å². The van der Waals surface area contributed by atoms with Crippen molar-refractivity contribution in [1.29, 1.82) is 0 Å². The van der Waals surface area contributed by atoms with Gasteiger partial charge in [0.05, 0.1) is 18.8 Å². The maximum atomic E-state index is 11.0. The molecular formula is C12H17NO3. The second kappa shape index (κ2) is 7.76. The van der Waals surface area contributed by atoms with E-state index < -0.39 is 5.54 Å². The fourth-order valence-electron chi connectivity index (χ4n) is 1.21. The van der Waals surface area contributed by atoms with Crippen molar-refractivity contribution in [2.45, 2.75) is 19.4 Å². The molecule has 0 aliphatic rings. The van der Waals surface area contributed by atoms with Crippen LogP contribution in [0, 0.1) is 24.7 Å². The second-order valence-corrected chi connectivity index (χ2v) is 3.64. The third-order valence-corrected chi connectivity index (χ3v) is 1.69. The number of carbonyl (C=O) groups excluding carboxylic acids is 1. The molecule has 0 aromatic heterocycles. The van der Waals surface area contributed by atoms with Gasteiger partial charge in [0.2, 0.25) is 5.91 Å². The molecule has 0 rings (SSSR count). The Balaban J connectivity index is 4.20. The molecule has 0 aromatic rings. The molecule has 0 bridgehead atoms. The molecule has 0 radical (unpaired) electrons. The summed E-state index contributed by atoms with van der Waals surface area (Å²) < 4.78 is 10.4. The predicted molar refractivity (Wildman–Crippen MR) is 61.5 cm³/mol. The largest absolute Gasteiger partial charge is 0.366 e. The Morgan fingerprint density at radius 2 is 1.69 bits per heavy atom. The van der Waals surface area contributed by atoms with E-state index >= 15 is 0 Å². The average molecular weight is 223 g/mol. The van der Waals surface area contributed by atoms with E-state index in [0.717, 1.165) is 0 Å². The highest BCUT2D eigenvalue weighted by Gasteiger charge is 2.25. The minimum atomic E-state index is -0.612. The zero-order valence-corrected chi connectivity index (χ0v) is 9.71. The first-order chi connectivity index (χ1) is 7.54. The van der Waals surface area contributed by atoms with E-state index in [1.54, 1.807) is 6.92 Å². The molecule has 1 amide bonds. The lowest BCUT2D eigenvalue weighted by molar-refractivity contribution is -0.122. The summed E-state index contributed by atoms with van der Waals surface area (Å²) in [6.07, 6.45) is 10.1. The first-order valence-corrected chi connectivity index (χ1v) is 4.85. The molecule has 0 spiro atoms. The van der Waals surface area contributed by atoms with Crippen molar-refractivity contribution in [2.75, 3.05) is 26.4 Å². The van der Waals surface area contributed by atoms with E-state index in [0.29, 0.717) is 0 Å². The van der Waals surface area contributed by atoms with Gasteiger partial charge in [0.25, 0.3) is 0 Å². The van der Waals surface area contributed by atoms with Crippen LogP contribution in [-0.4, -0.2) is 37.9 Å². The molecule has 4 nitrogen and oxygen atoms in total. The number of carbonyl (C=O) groups is 1. The molecule has 1 N–H and O–H groups in total. The number of rotatable bonds is 7. The van der Waals surface area contributed by atoms with Crippen LogP contribution in [0.4, 0.5) is 0 Å². The van der Waals surface area contributed by atoms with Gasteiger partial charge in [-0.05, 0) is 6.92 Å². The average Bonchev–Trinajstić information content (AvgIpc) is 2.17. The summed E-state index contributed by atoms with van der Waals surface area (Å²) in [6, 6.07) is 0. The molecule has 4 heteroatoms. The maximum Gasteiger partial charge on any atom is 0.217 e. The smallest absolute Gasteiger partial charge is 0.217 e. The standard InChI is InChI=1S/C12H17NO3/c1-5-7-15-9-12(4,13-11(3)14)10-16-8-6-2/h1-2H,7-10H2,3-4H3,(H,13,14). The molecule has 0 saturated carbocycles. The highest BCUT2D eigenvalue weighted by Crippen LogP contribution is 2.05. The number of terminal acetylenes is 2. The zero-order valence-electron chi connectivity index (χ0n) is 9.71. The van der Waals surface area contributed by atoms with E-state index in [-0.39, 0.29) is 32.3 Å². The van der Waals surface area contributed by atoms with Gasteiger partial charge in [-0.1, -0.05) is 11.8 Å². The first-order valence-electron chi connectivity index (χ1n) is 4.85. The van der Waals surface area contributed by atoms with Gasteiger partial charge < -0.3 is 14.8 Å². The Morgan fingerprint density at radius 3 is 2.00 bits per heavy atom. The summed E-state index contributed by atoms with van der Waals surface area (Å²) >= 11 is 0. The highest BCUT2D eigenvalue weighted by atomic mass is 16.5. The van der Waals surface area contributed by atoms with Crippen molar-refractivity contribution in [3.63, 3.8) is 0 Å². The molecule has 0 aromatic carbocycles. The quantitative estimate of drug-likeness (QED) is 0.495. The molecule has 0 heterocycles. The minimum absolute atomic E-state index is 0.156. The Bertz CT molecular complexity index is 278. The van der Waals surface area contributed by atoms with Crippen molar-refractivity contribution < 1.29 is 14.3 Å². The van der Waals surface area contributed by atoms with Crippen LogP contribution in [0.25, 0.3) is 0 Å². The Kier molecular flexibility index (Phi) is 7.03. The summed E-state index contributed by atoms with van der Waals surface area (Å²) in [4.78, 5) is 11.0. The molecule has 0 aliphatic carbocycles. The molecular weight excluding hydrogens is 206 g/mol. The first kappa shape index (κ1) is 14.5. The second-order valence-electron chi connectivity index (χ2n) is 3.64. The van der Waals surface area contributed by atoms with Crippen molar-refractivity contribution in [3.8, 4) is 24.7 Å². The molecule has 0 unspecified atom stereocenters. The predicted octanol–water partition coefficient (Wildman–Crippen LogP) is 0.181. The highest BCUT2D eigenvalue weighted by molar-refractivity contribution is 5.73. The van der Waals surface area contributed by atoms with E-state index in [1.165, 1.54) is 6.92 Å². The van der Waals surface area contributed by atoms with Crippen LogP contribution in [0.3, 0.4) is 0 Å². The van der Waals surface area contributed by atoms with E-state index in [4.69, 9.17) is 22.3 Å². The maximum absolute atomic E-state index is 11.0. The molecule has 0 atom stereocenters. The lowest BCUT2D eigenvalue weighted by Gasteiger charge is -2.29. The van der Waals surface area contributed by atoms with Gasteiger partial charge in [-0.15, -0.1) is 12.8 Å². The van der Waals surface area contributed by atoms with Crippen molar-refractivity contribution in [3.05, 3.63) is 0 Å². The van der Waals surface area contributed by atoms with Crippen LogP contribution in [0.5, 0.6) is 0 Å². The molecule has 88 valence electrons. The SMILES string of the molecule is C#CCOCC(C)(COCC#C)NC(C)=O. The third kappa shape index (κ3) is 6.89. The molecule has 0 fully saturated rings. The van der Waals surface area contributed by atoms with Crippen LogP contribution in [0.2, 0.25) is 0 Å². The Hall–Kier alpha value is -1.49. The zero-order chi connectivity index (χ0) is 12.4. The van der Waals surface area contributed by atoms with Crippen LogP contribution >= 0.6 is 0 Å². The van der Waals surface area contributed by atoms with Crippen molar-refractivity contribution in [1.82, 2.24) is 5.32 Å². The monoisotopic (exact) mass is 223 g/mol. The lowest BCUT2D eigenvalue weighted by atomic mass is 10.1. The fraction of sp³-hybridized carbons (Fsp3) is 0.583. The Morgan fingerprint density at radius 1 is 1.25 bits per heavy atom. The van der Waals surface area contributed by atoms with E-state index in [9.17, 15) is 4.79 Å². The van der Waals surface area contributed by atoms with Crippen molar-refractivity contribution >= 4 is 5.91 Å². The molecule has 16 heavy (non-hydrogen) atoms. The fourth-order valence-corrected chi connectivity index (χ4v) is 1.21. The van der Waals surface area contributed by atoms with Crippen LogP contribution in [-0.2, 0) is 14.3 Å². The van der Waals surface area contributed by atoms with E-state index in [1.807, 2.05) is 0 Å². The topological polar surface area (TPSA) is 47.6 Å². The van der Waals surface area contributed by atoms with E-state index in [2.05, 4.69) is 17.2 Å². The lowest BCUT2D eigenvalue weighted by Crippen LogP contribution is -2.52. The number of hydrogen-bond acceptors (Lipinski definition) is 3. The van der Waals surface area contributed by atoms with Crippen LogP contribution in [0.15, 0.2) is 0 Å². The van der Waals surface area contributed by atoms with Crippen molar-refractivity contribution in [2.24, 2.45) is 0 Å². The van der Waals surface area contributed by atoms with Crippen LogP contribution in [0.1, 0.15) is 13.8 Å². The summed E-state index contributed by atoms with van der Waals surface area (Å²) in [5.41, 5.74) is -0.612. The van der Waals surface area contributed by atoms with Gasteiger partial charge in [-0.25, -0.2) is 0 Å². The normalized spacial score (nSPS) is 10.2. The minimum Gasteiger partial charge on any atom is -0.366 e. The summed E-state index contributed by atoms with van der Waals surface area (Å²) in [5, 5.41) is 2.75. The van der Waals surface area contributed by atoms with Gasteiger partial charge in [0.15, 0.2) is 0 Å². The number of hydrogen-bond donors (Lipinski definition) is 1. The number of ether oxygens (including phenoxy) is 2.